The molecule has 0 aromatic heterocycles. The van der Waals surface area contributed by atoms with Gasteiger partial charge in [0.25, 0.3) is 0 Å². The van der Waals surface area contributed by atoms with Crippen LogP contribution in [-0.4, -0.2) is 12.1 Å². The van der Waals surface area contributed by atoms with E-state index in [-0.39, 0.29) is 6.03 Å². The molecule has 1 fully saturated rings. The Labute approximate surface area is 77.1 Å². The summed E-state index contributed by atoms with van der Waals surface area (Å²) in [4.78, 5) is 12.8. The van der Waals surface area contributed by atoms with Crippen molar-refractivity contribution in [2.75, 3.05) is 4.90 Å². The molecule has 13 heavy (non-hydrogen) atoms. The Morgan fingerprint density at radius 1 is 1.62 bits per heavy atom. The number of rotatable bonds is 2. The molecule has 0 spiro atoms. The first-order valence-corrected chi connectivity index (χ1v) is 4.34. The maximum absolute atomic E-state index is 11.1. The van der Waals surface area contributed by atoms with Crippen LogP contribution in [0.1, 0.15) is 12.8 Å². The highest BCUT2D eigenvalue weighted by Crippen LogP contribution is 2.30. The van der Waals surface area contributed by atoms with Gasteiger partial charge in [0, 0.05) is 11.7 Å². The van der Waals surface area contributed by atoms with Crippen LogP contribution < -0.4 is 10.6 Å². The normalized spacial score (nSPS) is 15.4. The fourth-order valence-corrected chi connectivity index (χ4v) is 1.38. The minimum Gasteiger partial charge on any atom is -0.351 e. The van der Waals surface area contributed by atoms with Gasteiger partial charge in [-0.1, -0.05) is 12.1 Å². The number of carbonyl (C=O) groups excluding carboxylic acids is 1. The molecule has 3 heteroatoms. The van der Waals surface area contributed by atoms with Crippen molar-refractivity contribution in [3.63, 3.8) is 0 Å². The van der Waals surface area contributed by atoms with Gasteiger partial charge in [-0.3, -0.25) is 4.90 Å². The zero-order valence-electron chi connectivity index (χ0n) is 7.23. The van der Waals surface area contributed by atoms with Gasteiger partial charge >= 0.3 is 6.03 Å². The molecule has 0 heterocycles. The van der Waals surface area contributed by atoms with Gasteiger partial charge in [0.2, 0.25) is 0 Å². The zero-order valence-corrected chi connectivity index (χ0v) is 7.23. The molecule has 1 aromatic carbocycles. The number of benzene rings is 1. The van der Waals surface area contributed by atoms with Gasteiger partial charge in [-0.25, -0.2) is 4.79 Å². The summed E-state index contributed by atoms with van der Waals surface area (Å²) in [6.07, 6.45) is 2.11. The first kappa shape index (κ1) is 8.10. The predicted octanol–water partition coefficient (Wildman–Crippen LogP) is 1.53. The summed E-state index contributed by atoms with van der Waals surface area (Å²) < 4.78 is 0. The molecule has 2 N–H and O–H groups in total. The standard InChI is InChI=1S/C10H11N2O/c11-10(13)12(9-6-7-9)8-4-2-1-3-5-8/h1-2,4-5,9H,6-7H2,(H2,11,13). The highest BCUT2D eigenvalue weighted by Gasteiger charge is 2.32. The summed E-state index contributed by atoms with van der Waals surface area (Å²) in [5.74, 6) is 0. The fourth-order valence-electron chi connectivity index (χ4n) is 1.38. The van der Waals surface area contributed by atoms with E-state index in [0.29, 0.717) is 6.04 Å². The molecular formula is C10H11N2O. The molecule has 1 aliphatic carbocycles. The molecule has 0 saturated heterocycles. The quantitative estimate of drug-likeness (QED) is 0.728. The Balaban J connectivity index is 2.25. The molecule has 67 valence electrons. The fraction of sp³-hybridized carbons (Fsp3) is 0.300. The van der Waals surface area contributed by atoms with Crippen LogP contribution in [0.5, 0.6) is 0 Å². The van der Waals surface area contributed by atoms with Crippen molar-refractivity contribution in [2.24, 2.45) is 5.73 Å². The largest absolute Gasteiger partial charge is 0.351 e. The van der Waals surface area contributed by atoms with Crippen molar-refractivity contribution in [3.8, 4) is 0 Å². The molecule has 0 atom stereocenters. The minimum absolute atomic E-state index is 0.313. The van der Waals surface area contributed by atoms with E-state index in [2.05, 4.69) is 6.07 Å². The van der Waals surface area contributed by atoms with Gasteiger partial charge < -0.3 is 5.73 Å². The van der Waals surface area contributed by atoms with Crippen LogP contribution in [0.3, 0.4) is 0 Å². The van der Waals surface area contributed by atoms with Crippen LogP contribution in [-0.2, 0) is 0 Å². The number of hydrogen-bond acceptors (Lipinski definition) is 1. The number of nitrogens with two attached hydrogens (primary N) is 1. The third kappa shape index (κ3) is 1.64. The van der Waals surface area contributed by atoms with Crippen molar-refractivity contribution >= 4 is 11.7 Å². The Morgan fingerprint density at radius 3 is 2.85 bits per heavy atom. The lowest BCUT2D eigenvalue weighted by atomic mass is 10.3. The molecular weight excluding hydrogens is 164 g/mol. The number of carbonyl (C=O) groups is 1. The second kappa shape index (κ2) is 3.09. The topological polar surface area (TPSA) is 46.3 Å². The molecule has 2 amide bonds. The average molecular weight is 175 g/mol. The monoisotopic (exact) mass is 175 g/mol. The van der Waals surface area contributed by atoms with Crippen molar-refractivity contribution in [3.05, 3.63) is 30.3 Å². The summed E-state index contributed by atoms with van der Waals surface area (Å²) in [6, 6.07) is 10.2. The van der Waals surface area contributed by atoms with Crippen molar-refractivity contribution in [1.29, 1.82) is 0 Å². The first-order chi connectivity index (χ1) is 6.29. The summed E-state index contributed by atoms with van der Waals surface area (Å²) in [5, 5.41) is 0. The van der Waals surface area contributed by atoms with Crippen LogP contribution in [0, 0.1) is 6.07 Å². The van der Waals surface area contributed by atoms with Gasteiger partial charge in [-0.05, 0) is 31.0 Å². The van der Waals surface area contributed by atoms with Gasteiger partial charge in [0.15, 0.2) is 0 Å². The van der Waals surface area contributed by atoms with Crippen molar-refractivity contribution in [1.82, 2.24) is 0 Å². The minimum atomic E-state index is -0.373. The van der Waals surface area contributed by atoms with Gasteiger partial charge in [0.05, 0.1) is 0 Å². The second-order valence-electron chi connectivity index (χ2n) is 3.20. The number of urea groups is 1. The third-order valence-electron chi connectivity index (χ3n) is 2.12. The second-order valence-corrected chi connectivity index (χ2v) is 3.20. The lowest BCUT2D eigenvalue weighted by molar-refractivity contribution is 0.253. The maximum Gasteiger partial charge on any atom is 0.319 e. The van der Waals surface area contributed by atoms with E-state index in [4.69, 9.17) is 5.73 Å². The van der Waals surface area contributed by atoms with Crippen LogP contribution in [0.15, 0.2) is 24.3 Å². The number of anilines is 1. The van der Waals surface area contributed by atoms with E-state index in [1.165, 1.54) is 0 Å². The Kier molecular flexibility index (Phi) is 1.93. The van der Waals surface area contributed by atoms with E-state index >= 15 is 0 Å². The Bertz CT molecular complexity index is 306. The average Bonchev–Trinajstić information content (AvgIpc) is 2.90. The van der Waals surface area contributed by atoms with Crippen LogP contribution in [0.4, 0.5) is 10.5 Å². The van der Waals surface area contributed by atoms with E-state index in [0.717, 1.165) is 18.5 Å². The Hall–Kier alpha value is -1.51. The zero-order chi connectivity index (χ0) is 9.26. The number of primary amides is 1. The summed E-state index contributed by atoms with van der Waals surface area (Å²) >= 11 is 0. The van der Waals surface area contributed by atoms with Crippen LogP contribution in [0.25, 0.3) is 0 Å². The molecule has 1 radical (unpaired) electrons. The number of hydrogen-bond donors (Lipinski definition) is 1. The van der Waals surface area contributed by atoms with Crippen molar-refractivity contribution in [2.45, 2.75) is 18.9 Å². The lowest BCUT2D eigenvalue weighted by Gasteiger charge is -2.19. The molecule has 0 bridgehead atoms. The SMILES string of the molecule is NC(=O)N(c1c[c]ccc1)C1CC1. The number of amides is 2. The molecule has 2 rings (SSSR count). The highest BCUT2D eigenvalue weighted by molar-refractivity contribution is 5.91. The lowest BCUT2D eigenvalue weighted by Crippen LogP contribution is -2.37. The molecule has 3 nitrogen and oxygen atoms in total. The van der Waals surface area contributed by atoms with E-state index in [9.17, 15) is 4.79 Å². The van der Waals surface area contributed by atoms with E-state index in [1.54, 1.807) is 17.0 Å². The van der Waals surface area contributed by atoms with Gasteiger partial charge in [-0.2, -0.15) is 0 Å². The van der Waals surface area contributed by atoms with E-state index < -0.39 is 0 Å². The van der Waals surface area contributed by atoms with Gasteiger partial charge in [0.1, 0.15) is 0 Å². The van der Waals surface area contributed by atoms with Crippen LogP contribution in [0.2, 0.25) is 0 Å². The number of nitrogens with zero attached hydrogens (tertiary/aromatic N) is 1. The Morgan fingerprint density at radius 2 is 2.38 bits per heavy atom. The van der Waals surface area contributed by atoms with Gasteiger partial charge in [-0.15, -0.1) is 0 Å². The van der Waals surface area contributed by atoms with Crippen molar-refractivity contribution < 1.29 is 4.79 Å². The predicted molar refractivity (Wildman–Crippen MR) is 50.4 cm³/mol. The molecule has 0 unspecified atom stereocenters. The van der Waals surface area contributed by atoms with Crippen LogP contribution >= 0.6 is 0 Å². The molecule has 0 aliphatic heterocycles. The third-order valence-corrected chi connectivity index (χ3v) is 2.12. The first-order valence-electron chi connectivity index (χ1n) is 4.34. The highest BCUT2D eigenvalue weighted by atomic mass is 16.2. The molecule has 1 saturated carbocycles. The molecule has 1 aromatic rings. The summed E-state index contributed by atoms with van der Waals surface area (Å²) in [7, 11) is 0. The maximum atomic E-state index is 11.1. The smallest absolute Gasteiger partial charge is 0.319 e. The summed E-state index contributed by atoms with van der Waals surface area (Å²) in [5.41, 5.74) is 6.13. The summed E-state index contributed by atoms with van der Waals surface area (Å²) in [6.45, 7) is 0. The molecule has 1 aliphatic rings. The van der Waals surface area contributed by atoms with E-state index in [1.807, 2.05) is 12.1 Å².